The monoisotopic (exact) mass is 353 g/mol. The normalized spacial score (nSPS) is 12.0. The van der Waals surface area contributed by atoms with Crippen LogP contribution in [0.1, 0.15) is 18.9 Å². The molecule has 0 aliphatic rings. The zero-order valence-corrected chi connectivity index (χ0v) is 14.5. The van der Waals surface area contributed by atoms with Gasteiger partial charge < -0.3 is 5.32 Å². The second-order valence-electron chi connectivity index (χ2n) is 4.78. The van der Waals surface area contributed by atoms with Crippen LogP contribution in [0.5, 0.6) is 0 Å². The number of thioether (sulfide) groups is 1. The smallest absolute Gasteiger partial charge is 0.237 e. The Balaban J connectivity index is 1.98. The number of halogens is 2. The van der Waals surface area contributed by atoms with Gasteiger partial charge in [-0.15, -0.1) is 11.8 Å². The molecule has 0 fully saturated rings. The Morgan fingerprint density at radius 3 is 2.55 bits per heavy atom. The number of carbonyl (C=O) groups excluding carboxylic acids is 1. The predicted molar refractivity (Wildman–Crippen MR) is 96.9 cm³/mol. The third-order valence-corrected chi connectivity index (χ3v) is 5.44. The van der Waals surface area contributed by atoms with E-state index in [1.807, 2.05) is 25.1 Å². The molecule has 0 saturated carbocycles. The topological polar surface area (TPSA) is 29.1 Å². The lowest BCUT2D eigenvalue weighted by atomic mass is 10.2. The Morgan fingerprint density at radius 1 is 1.14 bits per heavy atom. The standard InChI is InChI=1S/C17H17Cl2NOS/c1-2-15(22-11-12-7-4-3-5-8-12)17(21)20-14-10-6-9-13(18)16(14)19/h3-10,15H,2,11H2,1H3,(H,20,21). The summed E-state index contributed by atoms with van der Waals surface area (Å²) < 4.78 is 0. The Hall–Kier alpha value is -1.16. The van der Waals surface area contributed by atoms with Gasteiger partial charge in [0.1, 0.15) is 0 Å². The number of anilines is 1. The summed E-state index contributed by atoms with van der Waals surface area (Å²) in [5, 5.41) is 3.54. The quantitative estimate of drug-likeness (QED) is 0.727. The minimum Gasteiger partial charge on any atom is -0.324 e. The van der Waals surface area contributed by atoms with Crippen molar-refractivity contribution >= 4 is 46.6 Å². The molecule has 5 heteroatoms. The average molecular weight is 354 g/mol. The molecule has 2 nitrogen and oxygen atoms in total. The van der Waals surface area contributed by atoms with Crippen molar-refractivity contribution in [1.82, 2.24) is 0 Å². The Kier molecular flexibility index (Phi) is 6.62. The molecule has 2 rings (SSSR count). The zero-order valence-electron chi connectivity index (χ0n) is 12.2. The highest BCUT2D eigenvalue weighted by atomic mass is 35.5. The van der Waals surface area contributed by atoms with Gasteiger partial charge in [0.25, 0.3) is 0 Å². The van der Waals surface area contributed by atoms with E-state index in [-0.39, 0.29) is 11.2 Å². The van der Waals surface area contributed by atoms with Gasteiger partial charge in [0.15, 0.2) is 0 Å². The molecule has 0 aromatic heterocycles. The van der Waals surface area contributed by atoms with Gasteiger partial charge in [0.05, 0.1) is 21.0 Å². The van der Waals surface area contributed by atoms with Crippen LogP contribution in [0.4, 0.5) is 5.69 Å². The highest BCUT2D eigenvalue weighted by molar-refractivity contribution is 7.99. The summed E-state index contributed by atoms with van der Waals surface area (Å²) >= 11 is 13.7. The van der Waals surface area contributed by atoms with Crippen LogP contribution < -0.4 is 5.32 Å². The van der Waals surface area contributed by atoms with E-state index in [0.29, 0.717) is 15.7 Å². The number of nitrogens with one attached hydrogen (secondary N) is 1. The van der Waals surface area contributed by atoms with E-state index in [9.17, 15) is 4.79 Å². The van der Waals surface area contributed by atoms with E-state index < -0.39 is 0 Å². The second-order valence-corrected chi connectivity index (χ2v) is 6.76. The minimum atomic E-state index is -0.129. The molecule has 0 aliphatic carbocycles. The zero-order chi connectivity index (χ0) is 15.9. The fraction of sp³-hybridized carbons (Fsp3) is 0.235. The molecule has 1 unspecified atom stereocenters. The van der Waals surface area contributed by atoms with Crippen LogP contribution in [0.2, 0.25) is 10.0 Å². The number of carbonyl (C=O) groups is 1. The number of hydrogen-bond acceptors (Lipinski definition) is 2. The number of amides is 1. The second kappa shape index (κ2) is 8.47. The Morgan fingerprint density at radius 2 is 1.86 bits per heavy atom. The van der Waals surface area contributed by atoms with Gasteiger partial charge in [0, 0.05) is 5.75 Å². The Bertz CT molecular complexity index is 634. The highest BCUT2D eigenvalue weighted by Gasteiger charge is 2.18. The minimum absolute atomic E-state index is 0.0485. The van der Waals surface area contributed by atoms with Gasteiger partial charge in [-0.2, -0.15) is 0 Å². The van der Waals surface area contributed by atoms with Crippen LogP contribution in [0.25, 0.3) is 0 Å². The van der Waals surface area contributed by atoms with E-state index in [0.717, 1.165) is 12.2 Å². The van der Waals surface area contributed by atoms with Crippen molar-refractivity contribution in [3.05, 3.63) is 64.1 Å². The summed E-state index contributed by atoms with van der Waals surface area (Å²) in [6.45, 7) is 2.00. The average Bonchev–Trinajstić information content (AvgIpc) is 2.53. The third kappa shape index (κ3) is 4.67. The summed E-state index contributed by atoms with van der Waals surface area (Å²) in [5.41, 5.74) is 1.76. The first-order valence-electron chi connectivity index (χ1n) is 7.02. The molecular formula is C17H17Cl2NOS. The molecule has 0 bridgehead atoms. The largest absolute Gasteiger partial charge is 0.324 e. The predicted octanol–water partition coefficient (Wildman–Crippen LogP) is 5.64. The van der Waals surface area contributed by atoms with E-state index in [1.54, 1.807) is 30.0 Å². The van der Waals surface area contributed by atoms with Gasteiger partial charge in [-0.25, -0.2) is 0 Å². The van der Waals surface area contributed by atoms with Gasteiger partial charge in [-0.3, -0.25) is 4.79 Å². The molecule has 0 spiro atoms. The maximum absolute atomic E-state index is 12.4. The fourth-order valence-electron chi connectivity index (χ4n) is 1.96. The van der Waals surface area contributed by atoms with Crippen molar-refractivity contribution in [2.24, 2.45) is 0 Å². The third-order valence-electron chi connectivity index (χ3n) is 3.17. The van der Waals surface area contributed by atoms with Crippen LogP contribution in [0.3, 0.4) is 0 Å². The lowest BCUT2D eigenvalue weighted by Gasteiger charge is -2.15. The van der Waals surface area contributed by atoms with Crippen LogP contribution in [-0.2, 0) is 10.5 Å². The first-order chi connectivity index (χ1) is 10.6. The van der Waals surface area contributed by atoms with Crippen LogP contribution in [0, 0.1) is 0 Å². The van der Waals surface area contributed by atoms with Gasteiger partial charge in [0.2, 0.25) is 5.91 Å². The Labute approximate surface area is 145 Å². The van der Waals surface area contributed by atoms with E-state index in [1.165, 1.54) is 5.56 Å². The maximum atomic E-state index is 12.4. The fourth-order valence-corrected chi connectivity index (χ4v) is 3.34. The van der Waals surface area contributed by atoms with Crippen molar-refractivity contribution < 1.29 is 4.79 Å². The van der Waals surface area contributed by atoms with Gasteiger partial charge in [-0.1, -0.05) is 66.5 Å². The number of hydrogen-bond donors (Lipinski definition) is 1. The lowest BCUT2D eigenvalue weighted by Crippen LogP contribution is -2.24. The SMILES string of the molecule is CCC(SCc1ccccc1)C(=O)Nc1cccc(Cl)c1Cl. The van der Waals surface area contributed by atoms with Crippen LogP contribution in [0.15, 0.2) is 48.5 Å². The van der Waals surface area contributed by atoms with Gasteiger partial charge >= 0.3 is 0 Å². The van der Waals surface area contributed by atoms with Crippen LogP contribution in [-0.4, -0.2) is 11.2 Å². The molecular weight excluding hydrogens is 337 g/mol. The van der Waals surface area contributed by atoms with Gasteiger partial charge in [-0.05, 0) is 24.1 Å². The summed E-state index contributed by atoms with van der Waals surface area (Å²) in [4.78, 5) is 12.4. The highest BCUT2D eigenvalue weighted by Crippen LogP contribution is 2.30. The maximum Gasteiger partial charge on any atom is 0.237 e. The molecule has 0 heterocycles. The first kappa shape index (κ1) is 17.2. The molecule has 2 aromatic carbocycles. The van der Waals surface area contributed by atoms with Crippen LogP contribution >= 0.6 is 35.0 Å². The van der Waals surface area contributed by atoms with E-state index in [4.69, 9.17) is 23.2 Å². The van der Waals surface area contributed by atoms with E-state index >= 15 is 0 Å². The summed E-state index contributed by atoms with van der Waals surface area (Å²) in [7, 11) is 0. The molecule has 1 amide bonds. The molecule has 0 aliphatic heterocycles. The van der Waals surface area contributed by atoms with Crippen molar-refractivity contribution in [2.45, 2.75) is 24.3 Å². The van der Waals surface area contributed by atoms with Crippen molar-refractivity contribution in [3.8, 4) is 0 Å². The molecule has 1 N–H and O–H groups in total. The molecule has 2 aromatic rings. The van der Waals surface area contributed by atoms with Crippen molar-refractivity contribution in [1.29, 1.82) is 0 Å². The molecule has 0 saturated heterocycles. The summed E-state index contributed by atoms with van der Waals surface area (Å²) in [6, 6.07) is 15.3. The first-order valence-corrected chi connectivity index (χ1v) is 8.82. The summed E-state index contributed by atoms with van der Waals surface area (Å²) in [5.74, 6) is 0.753. The number of rotatable bonds is 6. The molecule has 1 atom stereocenters. The lowest BCUT2D eigenvalue weighted by molar-refractivity contribution is -0.115. The van der Waals surface area contributed by atoms with Crippen molar-refractivity contribution in [3.63, 3.8) is 0 Å². The summed E-state index contributed by atoms with van der Waals surface area (Å²) in [6.07, 6.45) is 0.752. The van der Waals surface area contributed by atoms with Crippen molar-refractivity contribution in [2.75, 3.05) is 5.32 Å². The number of benzene rings is 2. The van der Waals surface area contributed by atoms with E-state index in [2.05, 4.69) is 17.4 Å². The molecule has 116 valence electrons. The molecule has 0 radical (unpaired) electrons. The molecule has 22 heavy (non-hydrogen) atoms.